The lowest BCUT2D eigenvalue weighted by atomic mass is 9.89. The minimum Gasteiger partial charge on any atom is -0.497 e. The van der Waals surface area contributed by atoms with Gasteiger partial charge in [-0.25, -0.2) is 9.37 Å². The van der Waals surface area contributed by atoms with Crippen molar-refractivity contribution < 1.29 is 23.5 Å². The van der Waals surface area contributed by atoms with Crippen LogP contribution in [-0.2, 0) is 0 Å². The molecule has 164 valence electrons. The first kappa shape index (κ1) is 20.6. The van der Waals surface area contributed by atoms with Gasteiger partial charge in [-0.15, -0.1) is 11.3 Å². The third kappa shape index (κ3) is 3.54. The van der Waals surface area contributed by atoms with Gasteiger partial charge < -0.3 is 14.4 Å². The summed E-state index contributed by atoms with van der Waals surface area (Å²) in [4.78, 5) is 32.9. The molecule has 1 aromatic heterocycles. The van der Waals surface area contributed by atoms with Crippen molar-refractivity contribution in [3.8, 4) is 22.1 Å². The molecule has 0 N–H and O–H groups in total. The average Bonchev–Trinajstić information content (AvgIpc) is 3.37. The van der Waals surface area contributed by atoms with Crippen LogP contribution in [0.4, 0.5) is 4.39 Å². The van der Waals surface area contributed by atoms with Crippen LogP contribution in [0.15, 0.2) is 42.5 Å². The van der Waals surface area contributed by atoms with Gasteiger partial charge in [-0.1, -0.05) is 0 Å². The second-order valence-corrected chi connectivity index (χ2v) is 9.16. The minimum absolute atomic E-state index is 0.00739. The van der Waals surface area contributed by atoms with E-state index < -0.39 is 5.60 Å². The first-order valence-corrected chi connectivity index (χ1v) is 11.1. The third-order valence-electron chi connectivity index (χ3n) is 5.98. The summed E-state index contributed by atoms with van der Waals surface area (Å²) in [6, 6.07) is 11.3. The lowest BCUT2D eigenvalue weighted by molar-refractivity contribution is 0.0428. The van der Waals surface area contributed by atoms with Gasteiger partial charge in [0.05, 0.1) is 31.3 Å². The summed E-state index contributed by atoms with van der Waals surface area (Å²) < 4.78 is 24.7. The van der Waals surface area contributed by atoms with Gasteiger partial charge in [0.25, 0.3) is 5.91 Å². The summed E-state index contributed by atoms with van der Waals surface area (Å²) in [5.74, 6) is 0.693. The zero-order valence-electron chi connectivity index (χ0n) is 17.7. The molecule has 1 spiro atoms. The summed E-state index contributed by atoms with van der Waals surface area (Å²) in [6.07, 6.45) is 0.804. The Balaban J connectivity index is 1.36. The van der Waals surface area contributed by atoms with Gasteiger partial charge >= 0.3 is 0 Å². The Hall–Kier alpha value is -3.26. The lowest BCUT2D eigenvalue weighted by Crippen LogP contribution is -2.45. The number of hydrogen-bond donors (Lipinski definition) is 0. The van der Waals surface area contributed by atoms with E-state index in [0.717, 1.165) is 5.56 Å². The van der Waals surface area contributed by atoms with E-state index in [4.69, 9.17) is 9.47 Å². The molecule has 32 heavy (non-hydrogen) atoms. The second kappa shape index (κ2) is 7.70. The number of rotatable bonds is 3. The smallest absolute Gasteiger partial charge is 0.266 e. The number of likely N-dealkylation sites (tertiary alicyclic amines) is 1. The number of carbonyl (C=O) groups is 2. The Morgan fingerprint density at radius 2 is 2.03 bits per heavy atom. The van der Waals surface area contributed by atoms with Crippen LogP contribution in [0.2, 0.25) is 0 Å². The maximum atomic E-state index is 13.3. The van der Waals surface area contributed by atoms with E-state index in [1.807, 2.05) is 0 Å². The number of methoxy groups -OCH3 is 1. The van der Waals surface area contributed by atoms with Crippen molar-refractivity contribution in [3.63, 3.8) is 0 Å². The maximum Gasteiger partial charge on any atom is 0.266 e. The van der Waals surface area contributed by atoms with Gasteiger partial charge in [0.15, 0.2) is 5.78 Å². The molecule has 3 aromatic rings. The molecule has 5 rings (SSSR count). The largest absolute Gasteiger partial charge is 0.497 e. The number of thiazole rings is 1. The van der Waals surface area contributed by atoms with E-state index in [2.05, 4.69) is 4.98 Å². The molecule has 2 aliphatic heterocycles. The van der Waals surface area contributed by atoms with Crippen LogP contribution in [0.3, 0.4) is 0 Å². The van der Waals surface area contributed by atoms with Crippen LogP contribution in [0.1, 0.15) is 38.6 Å². The number of Topliss-reactive ketones (excluding diaryl/α,β-unsaturated/α-hetero) is 1. The highest BCUT2D eigenvalue weighted by Gasteiger charge is 2.47. The molecule has 2 aromatic carbocycles. The highest BCUT2D eigenvalue weighted by molar-refractivity contribution is 7.17. The molecule has 1 unspecified atom stereocenters. The number of halogens is 1. The van der Waals surface area contributed by atoms with Crippen molar-refractivity contribution in [2.75, 3.05) is 20.2 Å². The van der Waals surface area contributed by atoms with E-state index in [1.54, 1.807) is 49.3 Å². The van der Waals surface area contributed by atoms with E-state index in [-0.39, 0.29) is 23.9 Å². The number of ketones is 1. The molecule has 0 saturated carbocycles. The summed E-state index contributed by atoms with van der Waals surface area (Å²) in [6.45, 7) is 2.64. The molecule has 1 amide bonds. The molecule has 1 saturated heterocycles. The van der Waals surface area contributed by atoms with E-state index >= 15 is 0 Å². The Kier molecular flexibility index (Phi) is 4.97. The first-order valence-electron chi connectivity index (χ1n) is 10.3. The van der Waals surface area contributed by atoms with Crippen LogP contribution in [0, 0.1) is 12.7 Å². The minimum atomic E-state index is -0.716. The third-order valence-corrected chi connectivity index (χ3v) is 7.18. The van der Waals surface area contributed by atoms with Crippen LogP contribution in [0.25, 0.3) is 10.6 Å². The Labute approximate surface area is 188 Å². The number of benzene rings is 2. The summed E-state index contributed by atoms with van der Waals surface area (Å²) in [5.41, 5.74) is 1.21. The van der Waals surface area contributed by atoms with Crippen molar-refractivity contribution in [3.05, 3.63) is 64.4 Å². The summed E-state index contributed by atoms with van der Waals surface area (Å²) >= 11 is 1.30. The molecule has 6 nitrogen and oxygen atoms in total. The maximum absolute atomic E-state index is 13.3. The molecule has 1 fully saturated rings. The molecular weight excluding hydrogens is 431 g/mol. The predicted molar refractivity (Wildman–Crippen MR) is 118 cm³/mol. The Morgan fingerprint density at radius 1 is 1.25 bits per heavy atom. The van der Waals surface area contributed by atoms with Crippen molar-refractivity contribution in [1.82, 2.24) is 9.88 Å². The number of ether oxygens (including phenoxy) is 2. The summed E-state index contributed by atoms with van der Waals surface area (Å²) in [7, 11) is 1.56. The van der Waals surface area contributed by atoms with Crippen molar-refractivity contribution >= 4 is 23.0 Å². The van der Waals surface area contributed by atoms with E-state index in [9.17, 15) is 14.0 Å². The van der Waals surface area contributed by atoms with Crippen molar-refractivity contribution in [2.45, 2.75) is 25.4 Å². The van der Waals surface area contributed by atoms with Crippen molar-refractivity contribution in [1.29, 1.82) is 0 Å². The monoisotopic (exact) mass is 452 g/mol. The van der Waals surface area contributed by atoms with Gasteiger partial charge in [0, 0.05) is 18.5 Å². The Morgan fingerprint density at radius 3 is 2.78 bits per heavy atom. The molecule has 8 heteroatoms. The number of aryl methyl sites for hydroxylation is 1. The molecule has 2 aliphatic rings. The number of carbonyl (C=O) groups excluding carboxylic acids is 2. The van der Waals surface area contributed by atoms with Crippen molar-refractivity contribution in [2.24, 2.45) is 0 Å². The number of fused-ring (bicyclic) bond motifs is 1. The number of nitrogens with zero attached hydrogens (tertiary/aromatic N) is 2. The first-order chi connectivity index (χ1) is 15.4. The van der Waals surface area contributed by atoms with Crippen LogP contribution < -0.4 is 9.47 Å². The zero-order chi connectivity index (χ0) is 22.5. The van der Waals surface area contributed by atoms with Gasteiger partial charge in [0.2, 0.25) is 0 Å². The number of hydrogen-bond acceptors (Lipinski definition) is 6. The zero-order valence-corrected chi connectivity index (χ0v) is 18.5. The molecule has 0 aliphatic carbocycles. The SMILES string of the molecule is COc1ccc2c(c1)C(=O)CC1(CCN(C(=O)c3sc(-c4ccc(F)cc4)nc3C)C1)O2. The number of aromatic nitrogens is 1. The fourth-order valence-electron chi connectivity index (χ4n) is 4.30. The van der Waals surface area contributed by atoms with Gasteiger partial charge in [-0.05, 0) is 49.4 Å². The summed E-state index contributed by atoms with van der Waals surface area (Å²) in [5, 5.41) is 0.673. The molecule has 3 heterocycles. The average molecular weight is 453 g/mol. The molecule has 0 bridgehead atoms. The molecule has 1 atom stereocenters. The highest BCUT2D eigenvalue weighted by Crippen LogP contribution is 2.41. The fraction of sp³-hybridized carbons (Fsp3) is 0.292. The van der Waals surface area contributed by atoms with E-state index in [1.165, 1.54) is 23.5 Å². The van der Waals surface area contributed by atoms with Crippen LogP contribution in [-0.4, -0.2) is 47.4 Å². The molecular formula is C24H21FN2O4S. The van der Waals surface area contributed by atoms with Crippen LogP contribution in [0.5, 0.6) is 11.5 Å². The fourth-order valence-corrected chi connectivity index (χ4v) is 5.34. The standard InChI is InChI=1S/C24H21FN2O4S/c1-14-21(32-22(26-14)15-3-5-16(25)6-4-15)23(29)27-10-9-24(13-27)12-19(28)18-11-17(30-2)7-8-20(18)31-24/h3-8,11H,9-10,12-13H2,1-2H3. The topological polar surface area (TPSA) is 68.7 Å². The normalized spacial score (nSPS) is 19.7. The predicted octanol–water partition coefficient (Wildman–Crippen LogP) is 4.52. The second-order valence-electron chi connectivity index (χ2n) is 8.16. The molecule has 0 radical (unpaired) electrons. The number of amides is 1. The van der Waals surface area contributed by atoms with Crippen LogP contribution >= 0.6 is 11.3 Å². The van der Waals surface area contributed by atoms with Gasteiger partial charge in [-0.2, -0.15) is 0 Å². The highest BCUT2D eigenvalue weighted by atomic mass is 32.1. The quantitative estimate of drug-likeness (QED) is 0.585. The Bertz CT molecular complexity index is 1220. The van der Waals surface area contributed by atoms with E-state index in [0.29, 0.717) is 52.2 Å². The van der Waals surface area contributed by atoms with Gasteiger partial charge in [0.1, 0.15) is 32.8 Å². The van der Waals surface area contributed by atoms with Gasteiger partial charge in [-0.3, -0.25) is 9.59 Å². The lowest BCUT2D eigenvalue weighted by Gasteiger charge is -2.34.